The number of pyridine rings is 1. The molecule has 2 aromatic rings. The van der Waals surface area contributed by atoms with Gasteiger partial charge in [-0.05, 0) is 61.8 Å². The lowest BCUT2D eigenvalue weighted by Crippen LogP contribution is -2.30. The lowest BCUT2D eigenvalue weighted by Gasteiger charge is -2.25. The molecule has 1 fully saturated rings. The van der Waals surface area contributed by atoms with Crippen molar-refractivity contribution in [3.8, 4) is 5.75 Å². The Bertz CT molecular complexity index is 1190. The molecule has 2 N–H and O–H groups in total. The predicted molar refractivity (Wildman–Crippen MR) is 144 cm³/mol. The maximum Gasteiger partial charge on any atom is 0.303 e. The highest BCUT2D eigenvalue weighted by molar-refractivity contribution is 6.05. The number of hydrogen-bond acceptors (Lipinski definition) is 6. The van der Waals surface area contributed by atoms with E-state index in [2.05, 4.69) is 26.0 Å². The van der Waals surface area contributed by atoms with Crippen LogP contribution < -0.4 is 9.64 Å². The number of ketones is 1. The van der Waals surface area contributed by atoms with E-state index in [0.29, 0.717) is 49.0 Å². The number of hydrogen-bond donors (Lipinski definition) is 2. The second-order valence-electron chi connectivity index (χ2n) is 10.5. The van der Waals surface area contributed by atoms with Crippen LogP contribution in [-0.2, 0) is 11.3 Å². The Hall–Kier alpha value is -3.42. The zero-order valence-corrected chi connectivity index (χ0v) is 22.3. The fraction of sp³-hybridized carbons (Fsp3) is 0.517. The van der Waals surface area contributed by atoms with Crippen molar-refractivity contribution in [3.63, 3.8) is 0 Å². The summed E-state index contributed by atoms with van der Waals surface area (Å²) in [5, 5.41) is 17.6. The number of carboxylic acid groups (broad SMARTS) is 1. The van der Waals surface area contributed by atoms with Crippen molar-refractivity contribution in [1.29, 1.82) is 5.41 Å². The van der Waals surface area contributed by atoms with Crippen LogP contribution in [0.1, 0.15) is 97.1 Å². The molecule has 1 aliphatic carbocycles. The van der Waals surface area contributed by atoms with Crippen molar-refractivity contribution < 1.29 is 19.4 Å². The van der Waals surface area contributed by atoms with Crippen LogP contribution in [0.5, 0.6) is 5.75 Å². The maximum atomic E-state index is 13.5. The SMILES string of the molecule is CCC(C)c1cc(C(=O)CN2Cc3ccc(C4CC4)nc3C2=N)cc(N(C)C)c1OCCCCC(=O)O. The fourth-order valence-electron chi connectivity index (χ4n) is 4.70. The monoisotopic (exact) mass is 506 g/mol. The number of benzene rings is 1. The fourth-order valence-corrected chi connectivity index (χ4v) is 4.70. The molecule has 0 bridgehead atoms. The average Bonchev–Trinajstić information content (AvgIpc) is 3.68. The molecule has 2 aliphatic rings. The Morgan fingerprint density at radius 1 is 1.24 bits per heavy atom. The molecule has 1 aromatic heterocycles. The quantitative estimate of drug-likeness (QED) is 0.284. The van der Waals surface area contributed by atoms with Crippen LogP contribution in [-0.4, -0.2) is 59.8 Å². The van der Waals surface area contributed by atoms with Gasteiger partial charge < -0.3 is 19.6 Å². The van der Waals surface area contributed by atoms with Crippen LogP contribution >= 0.6 is 0 Å². The third-order valence-corrected chi connectivity index (χ3v) is 7.31. The number of carboxylic acids is 1. The topological polar surface area (TPSA) is 107 Å². The van der Waals surface area contributed by atoms with Gasteiger partial charge in [0.15, 0.2) is 5.78 Å². The van der Waals surface area contributed by atoms with Crippen LogP contribution in [0.25, 0.3) is 0 Å². The number of carbonyl (C=O) groups is 2. The Morgan fingerprint density at radius 2 is 2.00 bits per heavy atom. The number of carbonyl (C=O) groups excluding carboxylic acids is 1. The van der Waals surface area contributed by atoms with Crippen LogP contribution in [0.4, 0.5) is 5.69 Å². The van der Waals surface area contributed by atoms with Crippen molar-refractivity contribution in [3.05, 3.63) is 52.3 Å². The minimum Gasteiger partial charge on any atom is -0.491 e. The van der Waals surface area contributed by atoms with Gasteiger partial charge in [0.2, 0.25) is 0 Å². The highest BCUT2D eigenvalue weighted by Gasteiger charge is 2.31. The number of aromatic nitrogens is 1. The first-order valence-corrected chi connectivity index (χ1v) is 13.3. The second-order valence-corrected chi connectivity index (χ2v) is 10.5. The molecule has 37 heavy (non-hydrogen) atoms. The van der Waals surface area contributed by atoms with Crippen molar-refractivity contribution in [2.45, 2.75) is 70.8 Å². The zero-order valence-electron chi connectivity index (χ0n) is 22.3. The molecule has 1 aromatic carbocycles. The molecule has 8 nitrogen and oxygen atoms in total. The molecule has 1 aliphatic heterocycles. The number of Topliss-reactive ketones (excluding diaryl/α,β-unsaturated/α-hetero) is 1. The zero-order chi connectivity index (χ0) is 26.7. The largest absolute Gasteiger partial charge is 0.491 e. The number of rotatable bonds is 13. The number of aliphatic carboxylic acids is 1. The molecule has 4 rings (SSSR count). The van der Waals surface area contributed by atoms with Crippen molar-refractivity contribution in [2.24, 2.45) is 0 Å². The van der Waals surface area contributed by atoms with Gasteiger partial charge in [0.05, 0.1) is 18.8 Å². The maximum absolute atomic E-state index is 13.5. The molecule has 0 radical (unpaired) electrons. The van der Waals surface area contributed by atoms with Crippen LogP contribution in [0.15, 0.2) is 24.3 Å². The van der Waals surface area contributed by atoms with E-state index in [1.807, 2.05) is 36.0 Å². The van der Waals surface area contributed by atoms with Crippen molar-refractivity contribution in [2.75, 3.05) is 32.1 Å². The molecule has 2 heterocycles. The number of unbranched alkanes of at least 4 members (excludes halogenated alkanes) is 1. The number of fused-ring (bicyclic) bond motifs is 1. The molecular weight excluding hydrogens is 468 g/mol. The highest BCUT2D eigenvalue weighted by atomic mass is 16.5. The van der Waals surface area contributed by atoms with E-state index in [1.165, 1.54) is 0 Å². The number of ether oxygens (including phenoxy) is 1. The summed E-state index contributed by atoms with van der Waals surface area (Å²) in [7, 11) is 3.86. The predicted octanol–water partition coefficient (Wildman–Crippen LogP) is 5.20. The van der Waals surface area contributed by atoms with E-state index in [-0.39, 0.29) is 24.7 Å². The molecule has 1 unspecified atom stereocenters. The normalized spacial score (nSPS) is 15.5. The summed E-state index contributed by atoms with van der Waals surface area (Å²) in [4.78, 5) is 32.8. The molecule has 0 saturated heterocycles. The Morgan fingerprint density at radius 3 is 2.65 bits per heavy atom. The van der Waals surface area contributed by atoms with E-state index in [4.69, 9.17) is 20.2 Å². The minimum absolute atomic E-state index is 0.0411. The molecule has 0 amide bonds. The number of anilines is 1. The van der Waals surface area contributed by atoms with E-state index < -0.39 is 5.97 Å². The highest BCUT2D eigenvalue weighted by Crippen LogP contribution is 2.40. The van der Waals surface area contributed by atoms with Crippen LogP contribution in [0.2, 0.25) is 0 Å². The molecule has 0 spiro atoms. The van der Waals surface area contributed by atoms with E-state index in [1.54, 1.807) is 0 Å². The summed E-state index contributed by atoms with van der Waals surface area (Å²) >= 11 is 0. The van der Waals surface area contributed by atoms with Gasteiger partial charge >= 0.3 is 5.97 Å². The average molecular weight is 507 g/mol. The minimum atomic E-state index is -0.801. The smallest absolute Gasteiger partial charge is 0.303 e. The third kappa shape index (κ3) is 6.12. The molecule has 8 heteroatoms. The van der Waals surface area contributed by atoms with Gasteiger partial charge in [-0.3, -0.25) is 15.0 Å². The summed E-state index contributed by atoms with van der Waals surface area (Å²) < 4.78 is 6.20. The van der Waals surface area contributed by atoms with Gasteiger partial charge in [0.25, 0.3) is 0 Å². The van der Waals surface area contributed by atoms with Gasteiger partial charge in [0.1, 0.15) is 17.3 Å². The summed E-state index contributed by atoms with van der Waals surface area (Å²) in [6, 6.07) is 7.93. The molecule has 1 atom stereocenters. The van der Waals surface area contributed by atoms with E-state index in [9.17, 15) is 9.59 Å². The van der Waals surface area contributed by atoms with Crippen LogP contribution in [0, 0.1) is 5.41 Å². The van der Waals surface area contributed by atoms with Gasteiger partial charge in [-0.1, -0.05) is 19.9 Å². The summed E-state index contributed by atoms with van der Waals surface area (Å²) in [5.74, 6) is 0.938. The number of amidine groups is 1. The molecule has 198 valence electrons. The Kier molecular flexibility index (Phi) is 8.15. The third-order valence-electron chi connectivity index (χ3n) is 7.31. The van der Waals surface area contributed by atoms with E-state index in [0.717, 1.165) is 47.5 Å². The number of nitrogens with zero attached hydrogens (tertiary/aromatic N) is 3. The Balaban J connectivity index is 1.53. The second kappa shape index (κ2) is 11.3. The summed E-state index contributed by atoms with van der Waals surface area (Å²) in [5.41, 5.74) is 5.18. The van der Waals surface area contributed by atoms with Crippen LogP contribution in [0.3, 0.4) is 0 Å². The van der Waals surface area contributed by atoms with E-state index >= 15 is 0 Å². The first-order valence-electron chi connectivity index (χ1n) is 13.3. The lowest BCUT2D eigenvalue weighted by molar-refractivity contribution is -0.137. The summed E-state index contributed by atoms with van der Waals surface area (Å²) in [6.07, 6.45) is 4.55. The molecular formula is C29H38N4O4. The Labute approximate surface area is 219 Å². The lowest BCUT2D eigenvalue weighted by atomic mass is 9.93. The van der Waals surface area contributed by atoms with Gasteiger partial charge in [-0.2, -0.15) is 0 Å². The molecule has 1 saturated carbocycles. The summed E-state index contributed by atoms with van der Waals surface area (Å²) in [6.45, 7) is 5.29. The van der Waals surface area contributed by atoms with Crippen molar-refractivity contribution in [1.82, 2.24) is 9.88 Å². The van der Waals surface area contributed by atoms with Crippen molar-refractivity contribution >= 4 is 23.3 Å². The van der Waals surface area contributed by atoms with Gasteiger partial charge in [-0.15, -0.1) is 0 Å². The number of nitrogens with one attached hydrogen (secondary N) is 1. The first kappa shape index (κ1) is 26.6. The first-order chi connectivity index (χ1) is 17.7. The standard InChI is InChI=1S/C29H38N4O4/c1-5-18(2)22-14-21(15-24(32(3)4)28(22)37-13-7-6-8-26(35)36)25(34)17-33-16-20-11-12-23(19-9-10-19)31-27(20)29(33)30/h11-12,14-15,18-19,30H,5-10,13,16-17H2,1-4H3,(H,35,36). The van der Waals surface area contributed by atoms with Gasteiger partial charge in [-0.25, -0.2) is 4.98 Å². The van der Waals surface area contributed by atoms with Gasteiger partial charge in [0, 0.05) is 49.8 Å².